The number of carbonyl (C=O) groups excluding carboxylic acids is 2. The average Bonchev–Trinajstić information content (AvgIpc) is 3.65. The molecule has 0 N–H and O–H groups in total. The zero-order valence-corrected chi connectivity index (χ0v) is 23.5. The van der Waals surface area contributed by atoms with Crippen molar-refractivity contribution >= 4 is 28.5 Å². The summed E-state index contributed by atoms with van der Waals surface area (Å²) in [5.41, 5.74) is 3.07. The summed E-state index contributed by atoms with van der Waals surface area (Å²) in [7, 11) is 0. The summed E-state index contributed by atoms with van der Waals surface area (Å²) in [5.74, 6) is 0.172. The van der Waals surface area contributed by atoms with Crippen LogP contribution >= 0.6 is 0 Å². The van der Waals surface area contributed by atoms with Gasteiger partial charge >= 0.3 is 0 Å². The van der Waals surface area contributed by atoms with E-state index < -0.39 is 11.4 Å². The highest BCUT2D eigenvalue weighted by atomic mass is 16.7. The molecule has 8 heteroatoms. The molecule has 1 aromatic heterocycles. The van der Waals surface area contributed by atoms with Gasteiger partial charge in [0.15, 0.2) is 22.5 Å². The van der Waals surface area contributed by atoms with Gasteiger partial charge in [-0.3, -0.25) is 14.4 Å². The van der Waals surface area contributed by atoms with Crippen LogP contribution in [0.2, 0.25) is 0 Å². The second kappa shape index (κ2) is 9.06. The van der Waals surface area contributed by atoms with Gasteiger partial charge in [0, 0.05) is 12.1 Å². The first-order valence-corrected chi connectivity index (χ1v) is 14.1. The van der Waals surface area contributed by atoms with Gasteiger partial charge in [-0.25, -0.2) is 0 Å². The second-order valence-corrected chi connectivity index (χ2v) is 11.3. The fourth-order valence-corrected chi connectivity index (χ4v) is 6.66. The molecule has 0 fully saturated rings. The summed E-state index contributed by atoms with van der Waals surface area (Å²) in [6.07, 6.45) is 0. The minimum atomic E-state index is -1.72. The Hall–Kier alpha value is -5.37. The second-order valence-electron chi connectivity index (χ2n) is 11.3. The van der Waals surface area contributed by atoms with E-state index in [2.05, 4.69) is 0 Å². The van der Waals surface area contributed by atoms with Gasteiger partial charge in [0.1, 0.15) is 5.58 Å². The van der Waals surface area contributed by atoms with Crippen molar-refractivity contribution in [3.63, 3.8) is 0 Å². The Bertz CT molecular complexity index is 2080. The van der Waals surface area contributed by atoms with Crippen LogP contribution in [0.4, 0.5) is 5.69 Å². The van der Waals surface area contributed by atoms with Gasteiger partial charge in [-0.2, -0.15) is 0 Å². The number of benzene rings is 4. The van der Waals surface area contributed by atoms with E-state index in [0.717, 1.165) is 22.3 Å². The van der Waals surface area contributed by atoms with Crippen LogP contribution < -0.4 is 19.8 Å². The Morgan fingerprint density at radius 1 is 0.814 bits per heavy atom. The predicted octanol–water partition coefficient (Wildman–Crippen LogP) is 5.58. The molecule has 8 rings (SSSR count). The molecule has 2 amide bonds. The van der Waals surface area contributed by atoms with Crippen LogP contribution in [0.15, 0.2) is 94.1 Å². The molecule has 0 aliphatic carbocycles. The molecule has 43 heavy (non-hydrogen) atoms. The van der Waals surface area contributed by atoms with E-state index in [0.29, 0.717) is 33.7 Å². The minimum absolute atomic E-state index is 0.0345. The Labute approximate surface area is 246 Å². The highest BCUT2D eigenvalue weighted by molar-refractivity contribution is 6.17. The number of ether oxygens (including phenoxy) is 2. The van der Waals surface area contributed by atoms with Gasteiger partial charge in [-0.05, 0) is 60.9 Å². The van der Waals surface area contributed by atoms with Crippen LogP contribution in [0, 0.1) is 13.8 Å². The first kappa shape index (κ1) is 25.3. The van der Waals surface area contributed by atoms with Crippen molar-refractivity contribution in [2.45, 2.75) is 32.5 Å². The standard InChI is InChI=1S/C35H26N2O6/c1-20-11-13-27-24(15-20)31(38)30-32(43-27)33(39)37(17-22-12-14-28-29(16-22)42-19-41-28)35(30)25-9-5-6-10-26(25)36(34(35)40)18-23-8-4-3-7-21(23)2/h3-16H,17-19H2,1-2H3. The van der Waals surface area contributed by atoms with Gasteiger partial charge in [0.25, 0.3) is 11.8 Å². The molecule has 212 valence electrons. The quantitative estimate of drug-likeness (QED) is 0.280. The number of hydrogen-bond donors (Lipinski definition) is 0. The number of hydrogen-bond acceptors (Lipinski definition) is 6. The van der Waals surface area contributed by atoms with Crippen molar-refractivity contribution in [3.05, 3.63) is 134 Å². The normalized spacial score (nSPS) is 18.2. The molecule has 0 radical (unpaired) electrons. The molecule has 3 aliphatic heterocycles. The highest BCUT2D eigenvalue weighted by Crippen LogP contribution is 2.53. The van der Waals surface area contributed by atoms with Crippen LogP contribution in [-0.4, -0.2) is 23.5 Å². The van der Waals surface area contributed by atoms with Crippen molar-refractivity contribution in [2.24, 2.45) is 0 Å². The van der Waals surface area contributed by atoms with E-state index in [4.69, 9.17) is 13.9 Å². The van der Waals surface area contributed by atoms with Gasteiger partial charge in [-0.1, -0.05) is 60.2 Å². The summed E-state index contributed by atoms with van der Waals surface area (Å²) in [6.45, 7) is 4.32. The third kappa shape index (κ3) is 3.46. The molecule has 4 heterocycles. The molecule has 8 nitrogen and oxygen atoms in total. The lowest BCUT2D eigenvalue weighted by Gasteiger charge is -2.34. The van der Waals surface area contributed by atoms with E-state index in [9.17, 15) is 9.59 Å². The molecule has 5 aromatic rings. The lowest BCUT2D eigenvalue weighted by atomic mass is 9.83. The van der Waals surface area contributed by atoms with Crippen LogP contribution in [-0.2, 0) is 23.4 Å². The van der Waals surface area contributed by atoms with E-state index in [1.165, 1.54) is 4.90 Å². The van der Waals surface area contributed by atoms with Crippen molar-refractivity contribution in [1.82, 2.24) is 4.90 Å². The summed E-state index contributed by atoms with van der Waals surface area (Å²) in [4.78, 5) is 47.1. The molecule has 0 saturated heterocycles. The fraction of sp³-hybridized carbons (Fsp3) is 0.171. The topological polar surface area (TPSA) is 89.3 Å². The van der Waals surface area contributed by atoms with Crippen LogP contribution in [0.5, 0.6) is 11.5 Å². The minimum Gasteiger partial charge on any atom is -0.454 e. The van der Waals surface area contributed by atoms with Gasteiger partial charge in [-0.15, -0.1) is 0 Å². The molecule has 4 aromatic carbocycles. The monoisotopic (exact) mass is 570 g/mol. The molecular weight excluding hydrogens is 544 g/mol. The van der Waals surface area contributed by atoms with E-state index in [1.807, 2.05) is 74.5 Å². The smallest absolute Gasteiger partial charge is 0.291 e. The van der Waals surface area contributed by atoms with Crippen molar-refractivity contribution in [2.75, 3.05) is 11.7 Å². The maximum Gasteiger partial charge on any atom is 0.291 e. The summed E-state index contributed by atoms with van der Waals surface area (Å²) < 4.78 is 17.3. The summed E-state index contributed by atoms with van der Waals surface area (Å²) in [5, 5.41) is 0.332. The summed E-state index contributed by atoms with van der Waals surface area (Å²) in [6, 6.07) is 26.0. The maximum absolute atomic E-state index is 15.1. The van der Waals surface area contributed by atoms with Crippen LogP contribution in [0.1, 0.15) is 43.9 Å². The number of nitrogens with zero attached hydrogens (tertiary/aromatic N) is 2. The van der Waals surface area contributed by atoms with Crippen molar-refractivity contribution in [3.8, 4) is 11.5 Å². The number of aryl methyl sites for hydroxylation is 2. The Morgan fingerprint density at radius 2 is 1.60 bits per heavy atom. The summed E-state index contributed by atoms with van der Waals surface area (Å²) >= 11 is 0. The Kier molecular flexibility index (Phi) is 5.34. The lowest BCUT2D eigenvalue weighted by Crippen LogP contribution is -2.53. The number of anilines is 1. The van der Waals surface area contributed by atoms with E-state index in [1.54, 1.807) is 29.2 Å². The fourth-order valence-electron chi connectivity index (χ4n) is 6.66. The largest absolute Gasteiger partial charge is 0.454 e. The third-order valence-electron chi connectivity index (χ3n) is 8.76. The van der Waals surface area contributed by atoms with Crippen LogP contribution in [0.25, 0.3) is 11.0 Å². The first-order valence-electron chi connectivity index (χ1n) is 14.1. The molecule has 0 bridgehead atoms. The van der Waals surface area contributed by atoms with Crippen molar-refractivity contribution in [1.29, 1.82) is 0 Å². The highest BCUT2D eigenvalue weighted by Gasteiger charge is 2.65. The predicted molar refractivity (Wildman–Crippen MR) is 159 cm³/mol. The Morgan fingerprint density at radius 3 is 2.47 bits per heavy atom. The number of fused-ring (bicyclic) bond motifs is 6. The van der Waals surface area contributed by atoms with Gasteiger partial charge in [0.05, 0.1) is 23.2 Å². The zero-order valence-electron chi connectivity index (χ0n) is 23.5. The lowest BCUT2D eigenvalue weighted by molar-refractivity contribution is -0.126. The molecular formula is C35H26N2O6. The maximum atomic E-state index is 15.1. The number of carbonyl (C=O) groups is 2. The van der Waals surface area contributed by atoms with Crippen molar-refractivity contribution < 1.29 is 23.5 Å². The first-order chi connectivity index (χ1) is 20.9. The van der Waals surface area contributed by atoms with Gasteiger partial charge < -0.3 is 23.7 Å². The SMILES string of the molecule is Cc1ccc2oc3c(c(=O)c2c1)C1(C(=O)N(Cc2ccccc2C)c2ccccc21)N(Cc1ccc2c(c1)OCO2)C3=O. The van der Waals surface area contributed by atoms with Gasteiger partial charge in [0.2, 0.25) is 12.6 Å². The molecule has 1 spiro atoms. The molecule has 0 saturated carbocycles. The van der Waals surface area contributed by atoms with Crippen LogP contribution in [0.3, 0.4) is 0 Å². The average molecular weight is 571 g/mol. The van der Waals surface area contributed by atoms with E-state index >= 15 is 4.79 Å². The number of amides is 2. The zero-order chi connectivity index (χ0) is 29.5. The molecule has 1 unspecified atom stereocenters. The molecule has 3 aliphatic rings. The number of para-hydroxylation sites is 1. The molecule has 1 atom stereocenters. The Balaban J connectivity index is 1.39. The number of rotatable bonds is 4. The van der Waals surface area contributed by atoms with E-state index in [-0.39, 0.29) is 42.5 Å². The third-order valence-corrected chi connectivity index (χ3v) is 8.76.